The van der Waals surface area contributed by atoms with Crippen molar-refractivity contribution < 1.29 is 4.79 Å². The van der Waals surface area contributed by atoms with Gasteiger partial charge in [-0.1, -0.05) is 57.2 Å². The quantitative estimate of drug-likeness (QED) is 0.712. The number of hydrogen-bond acceptors (Lipinski definition) is 3. The third kappa shape index (κ3) is 3.64. The molecule has 4 heteroatoms. The van der Waals surface area contributed by atoms with Crippen LogP contribution in [0.5, 0.6) is 0 Å². The highest BCUT2D eigenvalue weighted by Crippen LogP contribution is 2.16. The van der Waals surface area contributed by atoms with E-state index in [2.05, 4.69) is 24.3 Å². The normalized spacial score (nSPS) is 13.6. The standard InChI is InChI=1S/C21H21NO2S/c1-21(2,3)18(23)13-19-22(4)20(24)17(25-19)12-14-9-10-15-7-5-6-8-16(15)11-14/h5-13H,1-4H3/b17-12+,19-13-. The van der Waals surface area contributed by atoms with Gasteiger partial charge in [-0.15, -0.1) is 11.3 Å². The summed E-state index contributed by atoms with van der Waals surface area (Å²) in [5.74, 6) is 0.0154. The van der Waals surface area contributed by atoms with Crippen LogP contribution in [-0.4, -0.2) is 10.4 Å². The van der Waals surface area contributed by atoms with Gasteiger partial charge in [0.2, 0.25) is 0 Å². The van der Waals surface area contributed by atoms with E-state index in [4.69, 9.17) is 0 Å². The largest absolute Gasteiger partial charge is 0.302 e. The molecule has 0 amide bonds. The first-order valence-electron chi connectivity index (χ1n) is 8.18. The molecule has 0 spiro atoms. The van der Waals surface area contributed by atoms with Crippen LogP contribution in [0.15, 0.2) is 47.3 Å². The van der Waals surface area contributed by atoms with Gasteiger partial charge >= 0.3 is 0 Å². The minimum absolute atomic E-state index is 0.0154. The fourth-order valence-corrected chi connectivity index (χ4v) is 3.52. The second kappa shape index (κ2) is 6.45. The molecule has 128 valence electrons. The first kappa shape index (κ1) is 17.4. The summed E-state index contributed by atoms with van der Waals surface area (Å²) >= 11 is 1.35. The van der Waals surface area contributed by atoms with Crippen molar-refractivity contribution in [3.8, 4) is 0 Å². The Morgan fingerprint density at radius 1 is 1.08 bits per heavy atom. The molecule has 0 bridgehead atoms. The Labute approximate surface area is 150 Å². The van der Waals surface area contributed by atoms with Gasteiger partial charge in [0.1, 0.15) is 4.66 Å². The highest BCUT2D eigenvalue weighted by atomic mass is 32.1. The molecular formula is C21H21NO2S. The van der Waals surface area contributed by atoms with E-state index in [1.54, 1.807) is 17.7 Å². The highest BCUT2D eigenvalue weighted by Gasteiger charge is 2.19. The van der Waals surface area contributed by atoms with Crippen molar-refractivity contribution in [1.29, 1.82) is 0 Å². The van der Waals surface area contributed by atoms with E-state index in [1.165, 1.54) is 16.7 Å². The zero-order valence-corrected chi connectivity index (χ0v) is 15.7. The molecule has 0 radical (unpaired) electrons. The Bertz CT molecular complexity index is 1130. The van der Waals surface area contributed by atoms with Crippen molar-refractivity contribution in [2.45, 2.75) is 20.8 Å². The maximum Gasteiger partial charge on any atom is 0.268 e. The summed E-state index contributed by atoms with van der Waals surface area (Å²) in [5, 5.41) is 2.31. The SMILES string of the molecule is Cn1c(=O)/c(=C\c2ccc3ccccc3c2)s/c1=C\C(=O)C(C)(C)C. The van der Waals surface area contributed by atoms with Crippen molar-refractivity contribution in [1.82, 2.24) is 4.57 Å². The number of ketones is 1. The number of rotatable bonds is 2. The van der Waals surface area contributed by atoms with E-state index >= 15 is 0 Å². The molecule has 1 aromatic heterocycles. The fraction of sp³-hybridized carbons (Fsp3) is 0.238. The van der Waals surface area contributed by atoms with Crippen LogP contribution in [-0.2, 0) is 11.8 Å². The monoisotopic (exact) mass is 351 g/mol. The molecule has 0 aliphatic carbocycles. The second-order valence-corrected chi connectivity index (χ2v) is 8.24. The van der Waals surface area contributed by atoms with Crippen molar-refractivity contribution in [3.63, 3.8) is 0 Å². The lowest BCUT2D eigenvalue weighted by Crippen LogP contribution is -2.30. The van der Waals surface area contributed by atoms with E-state index in [-0.39, 0.29) is 11.3 Å². The molecule has 0 saturated heterocycles. The van der Waals surface area contributed by atoms with E-state index in [0.717, 1.165) is 10.9 Å². The maximum atomic E-state index is 12.5. The average Bonchev–Trinajstić information content (AvgIpc) is 2.82. The molecule has 0 saturated carbocycles. The van der Waals surface area contributed by atoms with Crippen LogP contribution >= 0.6 is 11.3 Å². The molecule has 1 heterocycles. The van der Waals surface area contributed by atoms with E-state index in [9.17, 15) is 9.59 Å². The Hall–Kier alpha value is -2.46. The first-order valence-corrected chi connectivity index (χ1v) is 9.00. The van der Waals surface area contributed by atoms with E-state index in [1.807, 2.05) is 45.0 Å². The fourth-order valence-electron chi connectivity index (χ4n) is 2.49. The van der Waals surface area contributed by atoms with Crippen LogP contribution in [0.25, 0.3) is 22.9 Å². The number of carbonyl (C=O) groups is 1. The predicted octanol–water partition coefficient (Wildman–Crippen LogP) is 2.82. The first-order chi connectivity index (χ1) is 11.8. The van der Waals surface area contributed by atoms with Gasteiger partial charge < -0.3 is 4.57 Å². The molecule has 25 heavy (non-hydrogen) atoms. The molecule has 0 fully saturated rings. The van der Waals surface area contributed by atoms with Crippen molar-refractivity contribution in [3.05, 3.63) is 67.6 Å². The van der Waals surface area contributed by atoms with Crippen LogP contribution in [0.1, 0.15) is 26.3 Å². The van der Waals surface area contributed by atoms with Crippen molar-refractivity contribution in [2.75, 3.05) is 0 Å². The van der Waals surface area contributed by atoms with Gasteiger partial charge in [0.25, 0.3) is 5.56 Å². The Morgan fingerprint density at radius 3 is 2.44 bits per heavy atom. The maximum absolute atomic E-state index is 12.5. The summed E-state index contributed by atoms with van der Waals surface area (Å²) in [6, 6.07) is 14.3. The Kier molecular flexibility index (Phi) is 4.48. The van der Waals surface area contributed by atoms with Gasteiger partial charge in [-0.25, -0.2) is 0 Å². The number of carbonyl (C=O) groups excluding carboxylic acids is 1. The molecule has 0 aliphatic heterocycles. The number of fused-ring (bicyclic) bond motifs is 1. The minimum Gasteiger partial charge on any atom is -0.302 e. The predicted molar refractivity (Wildman–Crippen MR) is 105 cm³/mol. The molecular weight excluding hydrogens is 330 g/mol. The van der Waals surface area contributed by atoms with Gasteiger partial charge in [-0.05, 0) is 28.5 Å². The Morgan fingerprint density at radius 2 is 1.76 bits per heavy atom. The van der Waals surface area contributed by atoms with Gasteiger partial charge in [0.05, 0.1) is 4.53 Å². The number of nitrogens with zero attached hydrogens (tertiary/aromatic N) is 1. The molecule has 3 rings (SSSR count). The lowest BCUT2D eigenvalue weighted by molar-refractivity contribution is -0.120. The van der Waals surface area contributed by atoms with Crippen LogP contribution in [0.4, 0.5) is 0 Å². The van der Waals surface area contributed by atoms with Crippen LogP contribution in [0, 0.1) is 5.41 Å². The molecule has 3 nitrogen and oxygen atoms in total. The summed E-state index contributed by atoms with van der Waals surface area (Å²) < 4.78 is 2.85. The number of benzene rings is 2. The van der Waals surface area contributed by atoms with Gasteiger partial charge in [-0.2, -0.15) is 0 Å². The molecule has 0 N–H and O–H groups in total. The van der Waals surface area contributed by atoms with Gasteiger partial charge in [-0.3, -0.25) is 9.59 Å². The van der Waals surface area contributed by atoms with Crippen molar-refractivity contribution in [2.24, 2.45) is 12.5 Å². The number of hydrogen-bond donors (Lipinski definition) is 0. The number of thiazole rings is 1. The molecule has 2 aromatic carbocycles. The summed E-state index contributed by atoms with van der Waals surface area (Å²) in [5.41, 5.74) is 0.444. The van der Waals surface area contributed by atoms with E-state index in [0.29, 0.717) is 9.20 Å². The third-order valence-electron chi connectivity index (χ3n) is 4.13. The molecule has 0 unspecified atom stereocenters. The molecule has 3 aromatic rings. The lowest BCUT2D eigenvalue weighted by Gasteiger charge is -2.12. The van der Waals surface area contributed by atoms with Crippen LogP contribution in [0.2, 0.25) is 0 Å². The topological polar surface area (TPSA) is 39.1 Å². The van der Waals surface area contributed by atoms with E-state index < -0.39 is 5.41 Å². The highest BCUT2D eigenvalue weighted by molar-refractivity contribution is 7.07. The van der Waals surface area contributed by atoms with Gasteiger partial charge in [0.15, 0.2) is 5.78 Å². The summed E-state index contributed by atoms with van der Waals surface area (Å²) in [4.78, 5) is 24.7. The van der Waals surface area contributed by atoms with Crippen LogP contribution < -0.4 is 14.8 Å². The zero-order chi connectivity index (χ0) is 18.2. The molecule has 0 atom stereocenters. The smallest absolute Gasteiger partial charge is 0.268 e. The third-order valence-corrected chi connectivity index (χ3v) is 5.24. The summed E-state index contributed by atoms with van der Waals surface area (Å²) in [6.07, 6.45) is 3.46. The van der Waals surface area contributed by atoms with Crippen LogP contribution in [0.3, 0.4) is 0 Å². The van der Waals surface area contributed by atoms with Gasteiger partial charge in [0, 0.05) is 18.5 Å². The number of Topliss-reactive ketones (excluding diaryl/α,β-unsaturated/α-hetero) is 1. The minimum atomic E-state index is -0.456. The zero-order valence-electron chi connectivity index (χ0n) is 14.9. The lowest BCUT2D eigenvalue weighted by atomic mass is 9.91. The summed E-state index contributed by atoms with van der Waals surface area (Å²) in [7, 11) is 1.71. The summed E-state index contributed by atoms with van der Waals surface area (Å²) in [6.45, 7) is 5.62. The number of aromatic nitrogens is 1. The average molecular weight is 351 g/mol. The molecule has 0 aliphatic rings. The Balaban J connectivity index is 2.12. The second-order valence-electron chi connectivity index (χ2n) is 7.18. The van der Waals surface area contributed by atoms with Crippen molar-refractivity contribution >= 4 is 40.0 Å².